The van der Waals surface area contributed by atoms with Crippen LogP contribution >= 0.6 is 0 Å². The first-order chi connectivity index (χ1) is 10.8. The first-order valence-electron chi connectivity index (χ1n) is 9.13. The number of hydrogen-bond donors (Lipinski definition) is 0. The van der Waals surface area contributed by atoms with Gasteiger partial charge in [0.1, 0.15) is 5.75 Å². The molecule has 1 fully saturated rings. The quantitative estimate of drug-likeness (QED) is 0.653. The van der Waals surface area contributed by atoms with E-state index < -0.39 is 0 Å². The zero-order valence-corrected chi connectivity index (χ0v) is 14.2. The largest absolute Gasteiger partial charge is 0.497 e. The van der Waals surface area contributed by atoms with E-state index in [9.17, 15) is 0 Å². The maximum absolute atomic E-state index is 5.25. The second-order valence-electron chi connectivity index (χ2n) is 7.18. The number of methoxy groups -OCH3 is 1. The van der Waals surface area contributed by atoms with Gasteiger partial charge in [-0.3, -0.25) is 0 Å². The van der Waals surface area contributed by atoms with Gasteiger partial charge in [0.2, 0.25) is 0 Å². The molecule has 0 bridgehead atoms. The van der Waals surface area contributed by atoms with Crippen LogP contribution in [-0.4, -0.2) is 7.11 Å². The van der Waals surface area contributed by atoms with E-state index in [1.807, 2.05) is 0 Å². The summed E-state index contributed by atoms with van der Waals surface area (Å²) in [6.45, 7) is 2.36. The number of allylic oxidation sites excluding steroid dienone is 2. The van der Waals surface area contributed by atoms with Crippen molar-refractivity contribution in [3.8, 4) is 5.75 Å². The minimum Gasteiger partial charge on any atom is -0.497 e. The lowest BCUT2D eigenvalue weighted by atomic mass is 9.70. The smallest absolute Gasteiger partial charge is 0.118 e. The first-order valence-corrected chi connectivity index (χ1v) is 9.13. The van der Waals surface area contributed by atoms with Crippen LogP contribution in [0.25, 0.3) is 5.57 Å². The summed E-state index contributed by atoms with van der Waals surface area (Å²) in [4.78, 5) is 0. The van der Waals surface area contributed by atoms with E-state index in [1.165, 1.54) is 56.9 Å². The third-order valence-electron chi connectivity index (χ3n) is 6.05. The molecule has 0 spiro atoms. The number of rotatable bonds is 4. The zero-order chi connectivity index (χ0) is 15.4. The zero-order valence-electron chi connectivity index (χ0n) is 14.2. The molecule has 0 aromatic heterocycles. The van der Waals surface area contributed by atoms with Crippen molar-refractivity contribution in [2.24, 2.45) is 17.8 Å². The Morgan fingerprint density at radius 3 is 2.23 bits per heavy atom. The predicted molar refractivity (Wildman–Crippen MR) is 94.1 cm³/mol. The maximum Gasteiger partial charge on any atom is 0.118 e. The SMILES string of the molecule is CCC1CCC(C2CC=C(c3ccc(OC)cc3)CC2)CC1. The van der Waals surface area contributed by atoms with Crippen molar-refractivity contribution in [1.29, 1.82) is 0 Å². The summed E-state index contributed by atoms with van der Waals surface area (Å²) in [7, 11) is 1.73. The molecule has 0 radical (unpaired) electrons. The van der Waals surface area contributed by atoms with Gasteiger partial charge in [0.25, 0.3) is 0 Å². The topological polar surface area (TPSA) is 9.23 Å². The molecule has 1 nitrogen and oxygen atoms in total. The molecule has 3 rings (SSSR count). The molecule has 2 aliphatic rings. The average molecular weight is 298 g/mol. The van der Waals surface area contributed by atoms with Crippen LogP contribution in [0.3, 0.4) is 0 Å². The van der Waals surface area contributed by atoms with E-state index in [0.717, 1.165) is 23.5 Å². The summed E-state index contributed by atoms with van der Waals surface area (Å²) in [5.74, 6) is 3.91. The average Bonchev–Trinajstić information content (AvgIpc) is 2.62. The van der Waals surface area contributed by atoms with E-state index in [0.29, 0.717) is 0 Å². The Hall–Kier alpha value is -1.24. The van der Waals surface area contributed by atoms with Crippen molar-refractivity contribution in [1.82, 2.24) is 0 Å². The second-order valence-corrected chi connectivity index (χ2v) is 7.18. The van der Waals surface area contributed by atoms with Crippen LogP contribution in [0.15, 0.2) is 30.3 Å². The highest BCUT2D eigenvalue weighted by Gasteiger charge is 2.28. The monoisotopic (exact) mass is 298 g/mol. The van der Waals surface area contributed by atoms with Crippen LogP contribution in [-0.2, 0) is 0 Å². The lowest BCUT2D eigenvalue weighted by molar-refractivity contribution is 0.192. The lowest BCUT2D eigenvalue weighted by Gasteiger charge is -2.35. The second kappa shape index (κ2) is 7.35. The van der Waals surface area contributed by atoms with Crippen LogP contribution in [0.4, 0.5) is 0 Å². The van der Waals surface area contributed by atoms with Gasteiger partial charge in [-0.1, -0.05) is 44.4 Å². The Labute approximate surface area is 135 Å². The third kappa shape index (κ3) is 3.56. The molecule has 1 saturated carbocycles. The summed E-state index contributed by atoms with van der Waals surface area (Å²) in [6, 6.07) is 8.57. The molecule has 0 N–H and O–H groups in total. The van der Waals surface area contributed by atoms with Gasteiger partial charge in [0.15, 0.2) is 0 Å². The third-order valence-corrected chi connectivity index (χ3v) is 6.05. The van der Waals surface area contributed by atoms with Crippen LogP contribution in [0.1, 0.15) is 63.9 Å². The molecular formula is C21H30O. The molecular weight excluding hydrogens is 268 g/mol. The van der Waals surface area contributed by atoms with Crippen molar-refractivity contribution in [2.75, 3.05) is 7.11 Å². The predicted octanol–water partition coefficient (Wildman–Crippen LogP) is 6.10. The van der Waals surface area contributed by atoms with Gasteiger partial charge < -0.3 is 4.74 Å². The molecule has 0 saturated heterocycles. The van der Waals surface area contributed by atoms with Crippen LogP contribution in [0.2, 0.25) is 0 Å². The Bertz CT molecular complexity index is 491. The summed E-state index contributed by atoms with van der Waals surface area (Å²) in [5, 5.41) is 0. The van der Waals surface area contributed by atoms with Crippen molar-refractivity contribution >= 4 is 5.57 Å². The van der Waals surface area contributed by atoms with E-state index in [4.69, 9.17) is 4.74 Å². The highest BCUT2D eigenvalue weighted by molar-refractivity contribution is 5.66. The molecule has 1 unspecified atom stereocenters. The lowest BCUT2D eigenvalue weighted by Crippen LogP contribution is -2.22. The van der Waals surface area contributed by atoms with Gasteiger partial charge in [-0.2, -0.15) is 0 Å². The Morgan fingerprint density at radius 2 is 1.68 bits per heavy atom. The van der Waals surface area contributed by atoms with Gasteiger partial charge in [0, 0.05) is 0 Å². The Morgan fingerprint density at radius 1 is 0.955 bits per heavy atom. The van der Waals surface area contributed by atoms with Crippen molar-refractivity contribution in [3.63, 3.8) is 0 Å². The Kier molecular flexibility index (Phi) is 5.23. The molecule has 0 heterocycles. The fraction of sp³-hybridized carbons (Fsp3) is 0.619. The highest BCUT2D eigenvalue weighted by atomic mass is 16.5. The summed E-state index contributed by atoms with van der Waals surface area (Å²) in [5.41, 5.74) is 2.93. The molecule has 2 aliphatic carbocycles. The van der Waals surface area contributed by atoms with E-state index in [-0.39, 0.29) is 0 Å². The number of benzene rings is 1. The molecule has 1 atom stereocenters. The van der Waals surface area contributed by atoms with Gasteiger partial charge >= 0.3 is 0 Å². The first kappa shape index (κ1) is 15.6. The Balaban J connectivity index is 1.57. The molecule has 22 heavy (non-hydrogen) atoms. The van der Waals surface area contributed by atoms with Crippen LogP contribution in [0, 0.1) is 17.8 Å². The molecule has 1 aromatic carbocycles. The van der Waals surface area contributed by atoms with Crippen molar-refractivity contribution < 1.29 is 4.74 Å². The molecule has 120 valence electrons. The van der Waals surface area contributed by atoms with Gasteiger partial charge in [-0.15, -0.1) is 0 Å². The van der Waals surface area contributed by atoms with Gasteiger partial charge in [-0.05, 0) is 73.1 Å². The molecule has 1 heteroatoms. The fourth-order valence-electron chi connectivity index (χ4n) is 4.42. The van der Waals surface area contributed by atoms with Crippen LogP contribution < -0.4 is 4.74 Å². The minimum absolute atomic E-state index is 0.944. The fourth-order valence-corrected chi connectivity index (χ4v) is 4.42. The molecule has 0 aliphatic heterocycles. The number of ether oxygens (including phenoxy) is 1. The summed E-state index contributed by atoms with van der Waals surface area (Å²) < 4.78 is 5.25. The van der Waals surface area contributed by atoms with Gasteiger partial charge in [0.05, 0.1) is 7.11 Å². The van der Waals surface area contributed by atoms with Crippen molar-refractivity contribution in [2.45, 2.75) is 58.3 Å². The van der Waals surface area contributed by atoms with E-state index in [2.05, 4.69) is 37.3 Å². The maximum atomic E-state index is 5.25. The van der Waals surface area contributed by atoms with E-state index >= 15 is 0 Å². The minimum atomic E-state index is 0.944. The van der Waals surface area contributed by atoms with Crippen LogP contribution in [0.5, 0.6) is 5.75 Å². The van der Waals surface area contributed by atoms with Gasteiger partial charge in [-0.25, -0.2) is 0 Å². The standard InChI is InChI=1S/C21H30O/c1-3-16-4-6-17(7-5-16)18-8-10-19(11-9-18)20-12-14-21(22-2)15-13-20/h10,12-18H,3-9,11H2,1-2H3. The molecule has 0 amide bonds. The normalized spacial score (nSPS) is 29.0. The molecule has 1 aromatic rings. The highest BCUT2D eigenvalue weighted by Crippen LogP contribution is 2.41. The number of hydrogen-bond acceptors (Lipinski definition) is 1. The van der Waals surface area contributed by atoms with Crippen molar-refractivity contribution in [3.05, 3.63) is 35.9 Å². The van der Waals surface area contributed by atoms with E-state index in [1.54, 1.807) is 12.7 Å². The summed E-state index contributed by atoms with van der Waals surface area (Å²) >= 11 is 0. The summed E-state index contributed by atoms with van der Waals surface area (Å²) in [6.07, 6.45) is 13.8.